The monoisotopic (exact) mass is 261 g/mol. The lowest BCUT2D eigenvalue weighted by atomic mass is 10.0. The van der Waals surface area contributed by atoms with E-state index in [1.165, 1.54) is 17.5 Å². The topological polar surface area (TPSA) is 29.5 Å². The zero-order valence-corrected chi connectivity index (χ0v) is 11.9. The fourth-order valence-electron chi connectivity index (χ4n) is 2.53. The molecule has 0 bridgehead atoms. The number of aryl methyl sites for hydroxylation is 2. The molecule has 0 aromatic heterocycles. The van der Waals surface area contributed by atoms with Gasteiger partial charge in [0.05, 0.1) is 13.2 Å². The quantitative estimate of drug-likeness (QED) is 0.557. The number of hydrogen-bond acceptors (Lipinski definition) is 3. The number of fused-ring (bicyclic) bond motifs is 1. The molecule has 0 atom stereocenters. The molecule has 1 aromatic rings. The predicted octanol–water partition coefficient (Wildman–Crippen LogP) is 2.33. The van der Waals surface area contributed by atoms with Crippen molar-refractivity contribution in [3.63, 3.8) is 0 Å². The molecule has 0 spiro atoms. The minimum Gasteiger partial charge on any atom is -0.380 e. The summed E-state index contributed by atoms with van der Waals surface area (Å²) in [5, 5.41) is 0. The van der Waals surface area contributed by atoms with E-state index in [0.29, 0.717) is 13.2 Å². The zero-order valence-electron chi connectivity index (χ0n) is 11.9. The van der Waals surface area contributed by atoms with Crippen molar-refractivity contribution in [2.24, 2.45) is 0 Å². The largest absolute Gasteiger partial charge is 0.380 e. The molecule has 0 saturated carbocycles. The van der Waals surface area contributed by atoms with Gasteiger partial charge in [0.25, 0.3) is 0 Å². The molecule has 0 radical (unpaired) electrons. The van der Waals surface area contributed by atoms with Gasteiger partial charge >= 0.3 is 0 Å². The van der Waals surface area contributed by atoms with Gasteiger partial charge in [-0.15, -0.1) is 0 Å². The van der Waals surface area contributed by atoms with E-state index in [4.69, 9.17) is 4.74 Å². The van der Waals surface area contributed by atoms with Gasteiger partial charge in [-0.25, -0.2) is 0 Å². The molecule has 0 aliphatic heterocycles. The third-order valence-corrected chi connectivity index (χ3v) is 3.66. The molecule has 104 valence electrons. The van der Waals surface area contributed by atoms with Gasteiger partial charge in [0.2, 0.25) is 0 Å². The number of carbonyl (C=O) groups excluding carboxylic acids is 1. The van der Waals surface area contributed by atoms with E-state index in [1.807, 2.05) is 24.9 Å². The van der Waals surface area contributed by atoms with E-state index in [1.54, 1.807) is 0 Å². The Bertz CT molecular complexity index is 442. The summed E-state index contributed by atoms with van der Waals surface area (Å²) < 4.78 is 5.30. The summed E-state index contributed by atoms with van der Waals surface area (Å²) in [5.41, 5.74) is 3.63. The fourth-order valence-corrected chi connectivity index (χ4v) is 2.53. The Morgan fingerprint density at radius 1 is 1.32 bits per heavy atom. The summed E-state index contributed by atoms with van der Waals surface area (Å²) in [6.45, 7) is 4.66. The normalized spacial score (nSPS) is 13.8. The maximum atomic E-state index is 12.2. The van der Waals surface area contributed by atoms with Crippen LogP contribution in [0.5, 0.6) is 0 Å². The first-order valence-electron chi connectivity index (χ1n) is 7.12. The molecule has 1 aromatic carbocycles. The van der Waals surface area contributed by atoms with Crippen molar-refractivity contribution in [2.75, 3.05) is 33.4 Å². The van der Waals surface area contributed by atoms with Crippen molar-refractivity contribution in [2.45, 2.75) is 26.2 Å². The number of benzene rings is 1. The van der Waals surface area contributed by atoms with Crippen LogP contribution in [0.3, 0.4) is 0 Å². The predicted molar refractivity (Wildman–Crippen MR) is 76.8 cm³/mol. The molecule has 1 aliphatic rings. The summed E-state index contributed by atoms with van der Waals surface area (Å²) in [6.07, 6.45) is 3.51. The molecular formula is C16H23NO2. The minimum absolute atomic E-state index is 0.202. The highest BCUT2D eigenvalue weighted by molar-refractivity contribution is 5.97. The second-order valence-corrected chi connectivity index (χ2v) is 5.19. The molecule has 0 unspecified atom stereocenters. The van der Waals surface area contributed by atoms with E-state index in [2.05, 4.69) is 12.1 Å². The Morgan fingerprint density at radius 2 is 2.11 bits per heavy atom. The Balaban J connectivity index is 1.89. The van der Waals surface area contributed by atoms with Crippen LogP contribution >= 0.6 is 0 Å². The zero-order chi connectivity index (χ0) is 13.7. The standard InChI is InChI=1S/C16H23NO2/c1-3-19-10-9-17(2)12-16(18)15-8-7-13-5-4-6-14(13)11-15/h7-8,11H,3-6,9-10,12H2,1-2H3. The van der Waals surface area contributed by atoms with Crippen molar-refractivity contribution in [3.05, 3.63) is 34.9 Å². The van der Waals surface area contributed by atoms with Crippen LogP contribution < -0.4 is 0 Å². The lowest BCUT2D eigenvalue weighted by Crippen LogP contribution is -2.29. The van der Waals surface area contributed by atoms with Crippen molar-refractivity contribution in [3.8, 4) is 0 Å². The van der Waals surface area contributed by atoms with Crippen LogP contribution in [-0.4, -0.2) is 44.0 Å². The molecule has 0 amide bonds. The lowest BCUT2D eigenvalue weighted by Gasteiger charge is -2.15. The number of rotatable bonds is 7. The van der Waals surface area contributed by atoms with E-state index >= 15 is 0 Å². The second-order valence-electron chi connectivity index (χ2n) is 5.19. The van der Waals surface area contributed by atoms with E-state index in [9.17, 15) is 4.79 Å². The third kappa shape index (κ3) is 3.88. The summed E-state index contributed by atoms with van der Waals surface area (Å²) in [5.74, 6) is 0.202. The van der Waals surface area contributed by atoms with Gasteiger partial charge in [-0.05, 0) is 50.4 Å². The summed E-state index contributed by atoms with van der Waals surface area (Å²) in [6, 6.07) is 6.18. The van der Waals surface area contributed by atoms with Crippen LogP contribution in [-0.2, 0) is 17.6 Å². The van der Waals surface area contributed by atoms with Crippen LogP contribution in [0.15, 0.2) is 18.2 Å². The smallest absolute Gasteiger partial charge is 0.176 e. The highest BCUT2D eigenvalue weighted by Crippen LogP contribution is 2.23. The highest BCUT2D eigenvalue weighted by Gasteiger charge is 2.14. The van der Waals surface area contributed by atoms with Crippen molar-refractivity contribution in [1.82, 2.24) is 4.90 Å². The minimum atomic E-state index is 0.202. The Morgan fingerprint density at radius 3 is 2.89 bits per heavy atom. The van der Waals surface area contributed by atoms with Gasteiger partial charge in [-0.3, -0.25) is 9.69 Å². The van der Waals surface area contributed by atoms with E-state index in [-0.39, 0.29) is 5.78 Å². The van der Waals surface area contributed by atoms with E-state index < -0.39 is 0 Å². The Kier molecular flexibility index (Phi) is 5.11. The Labute approximate surface area is 115 Å². The lowest BCUT2D eigenvalue weighted by molar-refractivity contribution is 0.0896. The number of ketones is 1. The number of likely N-dealkylation sites (N-methyl/N-ethyl adjacent to an activating group) is 1. The average molecular weight is 261 g/mol. The van der Waals surface area contributed by atoms with Crippen LogP contribution in [0.1, 0.15) is 34.8 Å². The van der Waals surface area contributed by atoms with Crippen molar-refractivity contribution < 1.29 is 9.53 Å². The van der Waals surface area contributed by atoms with Crippen LogP contribution in [0.4, 0.5) is 0 Å². The Hall–Kier alpha value is -1.19. The average Bonchev–Trinajstić information content (AvgIpc) is 2.86. The first-order chi connectivity index (χ1) is 9.20. The summed E-state index contributed by atoms with van der Waals surface area (Å²) in [4.78, 5) is 14.2. The number of hydrogen-bond donors (Lipinski definition) is 0. The molecule has 0 N–H and O–H groups in total. The molecular weight excluding hydrogens is 238 g/mol. The van der Waals surface area contributed by atoms with Crippen molar-refractivity contribution in [1.29, 1.82) is 0 Å². The first-order valence-corrected chi connectivity index (χ1v) is 7.12. The third-order valence-electron chi connectivity index (χ3n) is 3.66. The number of nitrogens with zero attached hydrogens (tertiary/aromatic N) is 1. The summed E-state index contributed by atoms with van der Waals surface area (Å²) >= 11 is 0. The van der Waals surface area contributed by atoms with Crippen LogP contribution in [0.2, 0.25) is 0 Å². The van der Waals surface area contributed by atoms with Gasteiger partial charge in [-0.2, -0.15) is 0 Å². The van der Waals surface area contributed by atoms with Crippen molar-refractivity contribution >= 4 is 5.78 Å². The number of carbonyl (C=O) groups is 1. The molecule has 0 saturated heterocycles. The maximum absolute atomic E-state index is 12.2. The maximum Gasteiger partial charge on any atom is 0.176 e. The molecule has 3 heteroatoms. The molecule has 0 fully saturated rings. The van der Waals surface area contributed by atoms with Gasteiger partial charge in [-0.1, -0.05) is 12.1 Å². The van der Waals surface area contributed by atoms with Gasteiger partial charge in [0, 0.05) is 18.7 Å². The molecule has 3 nitrogen and oxygen atoms in total. The van der Waals surface area contributed by atoms with E-state index in [0.717, 1.165) is 31.6 Å². The molecule has 19 heavy (non-hydrogen) atoms. The molecule has 2 rings (SSSR count). The SMILES string of the molecule is CCOCCN(C)CC(=O)c1ccc2c(c1)CCC2. The first kappa shape index (κ1) is 14.2. The van der Waals surface area contributed by atoms with Gasteiger partial charge in [0.1, 0.15) is 0 Å². The molecule has 0 heterocycles. The second kappa shape index (κ2) is 6.83. The van der Waals surface area contributed by atoms with Crippen LogP contribution in [0.25, 0.3) is 0 Å². The van der Waals surface area contributed by atoms with Crippen LogP contribution in [0, 0.1) is 0 Å². The molecule has 1 aliphatic carbocycles. The van der Waals surface area contributed by atoms with Gasteiger partial charge in [0.15, 0.2) is 5.78 Å². The number of ether oxygens (including phenoxy) is 1. The van der Waals surface area contributed by atoms with Gasteiger partial charge < -0.3 is 4.74 Å². The summed E-state index contributed by atoms with van der Waals surface area (Å²) in [7, 11) is 1.96. The number of Topliss-reactive ketones (excluding diaryl/α,β-unsaturated/α-hetero) is 1. The highest BCUT2D eigenvalue weighted by atomic mass is 16.5. The fraction of sp³-hybridized carbons (Fsp3) is 0.562.